The van der Waals surface area contributed by atoms with E-state index in [9.17, 15) is 14.4 Å². The van der Waals surface area contributed by atoms with Gasteiger partial charge in [-0.15, -0.1) is 0 Å². The summed E-state index contributed by atoms with van der Waals surface area (Å²) in [4.78, 5) is 41.3. The second-order valence-corrected chi connectivity index (χ2v) is 11.8. The Kier molecular flexibility index (Phi) is 12.7. The molecule has 4 rings (SSSR count). The maximum Gasteiger partial charge on any atom is 0.323 e. The Bertz CT molecular complexity index is 1140. The lowest BCUT2D eigenvalue weighted by Gasteiger charge is -2.44. The summed E-state index contributed by atoms with van der Waals surface area (Å²) in [6.45, 7) is 2.12. The number of esters is 1. The van der Waals surface area contributed by atoms with Crippen molar-refractivity contribution in [2.75, 3.05) is 6.54 Å². The summed E-state index contributed by atoms with van der Waals surface area (Å²) < 4.78 is 6.08. The van der Waals surface area contributed by atoms with Crippen molar-refractivity contribution in [3.05, 3.63) is 42.1 Å². The fraction of sp³-hybridized carbons (Fsp3) is 0.625. The number of amides is 1. The molecular formula is C32H49N5O4. The smallest absolute Gasteiger partial charge is 0.323 e. The van der Waals surface area contributed by atoms with Gasteiger partial charge in [0.1, 0.15) is 6.04 Å². The summed E-state index contributed by atoms with van der Waals surface area (Å²) in [7, 11) is 0. The van der Waals surface area contributed by atoms with Gasteiger partial charge in [0.2, 0.25) is 5.91 Å². The molecule has 9 heteroatoms. The Balaban J connectivity index is 0.000000294. The summed E-state index contributed by atoms with van der Waals surface area (Å²) in [6, 6.07) is 7.94. The molecule has 8 N–H and O–H groups in total. The number of pyridine rings is 1. The summed E-state index contributed by atoms with van der Waals surface area (Å²) >= 11 is 0. The first-order valence-electron chi connectivity index (χ1n) is 15.3. The Morgan fingerprint density at radius 1 is 1.00 bits per heavy atom. The van der Waals surface area contributed by atoms with Crippen molar-refractivity contribution in [1.82, 2.24) is 4.98 Å². The summed E-state index contributed by atoms with van der Waals surface area (Å²) in [5.41, 5.74) is 23.1. The topological polar surface area (TPSA) is 177 Å². The molecule has 1 amide bonds. The fourth-order valence-electron chi connectivity index (χ4n) is 6.29. The standard InChI is InChI=1S/C22H41N3O3.C10H8N2O/c1-16(24)21(27)28-22(18-11-6-3-7-12-18,15-17-9-4-2-5-10-17)20(26)19(25)13-8-14-23;11-10(13)8-5-7-3-1-2-4-9(7)12-6-8/h16-19H,2-15,23-25H2,1H3;1-6H,(H2,11,13)/t16-,19+,22?;/m0./s1. The minimum atomic E-state index is -1.12. The van der Waals surface area contributed by atoms with Crippen molar-refractivity contribution in [3.8, 4) is 0 Å². The monoisotopic (exact) mass is 567 g/mol. The number of ketones is 1. The van der Waals surface area contributed by atoms with E-state index < -0.39 is 29.6 Å². The van der Waals surface area contributed by atoms with Crippen LogP contribution in [0.2, 0.25) is 0 Å². The maximum absolute atomic E-state index is 13.7. The molecule has 2 saturated carbocycles. The molecule has 1 unspecified atom stereocenters. The average molecular weight is 568 g/mol. The number of carbonyl (C=O) groups is 3. The average Bonchev–Trinajstić information content (AvgIpc) is 3.00. The third-order valence-corrected chi connectivity index (χ3v) is 8.58. The van der Waals surface area contributed by atoms with Crippen molar-refractivity contribution in [2.45, 2.75) is 108 Å². The van der Waals surface area contributed by atoms with Crippen LogP contribution in [0.3, 0.4) is 0 Å². The van der Waals surface area contributed by atoms with Gasteiger partial charge in [-0.1, -0.05) is 69.6 Å². The van der Waals surface area contributed by atoms with E-state index in [1.54, 1.807) is 13.0 Å². The lowest BCUT2D eigenvalue weighted by Crippen LogP contribution is -2.58. The number of nitrogens with zero attached hydrogens (tertiary/aromatic N) is 1. The molecule has 0 spiro atoms. The van der Waals surface area contributed by atoms with Crippen molar-refractivity contribution < 1.29 is 19.1 Å². The number of benzene rings is 1. The van der Waals surface area contributed by atoms with Crippen LogP contribution in [0.25, 0.3) is 10.9 Å². The van der Waals surface area contributed by atoms with Gasteiger partial charge >= 0.3 is 5.97 Å². The van der Waals surface area contributed by atoms with Gasteiger partial charge in [0.15, 0.2) is 11.4 Å². The minimum Gasteiger partial charge on any atom is -0.450 e. The third-order valence-electron chi connectivity index (χ3n) is 8.58. The Morgan fingerprint density at radius 2 is 1.63 bits per heavy atom. The molecule has 3 atom stereocenters. The fourth-order valence-corrected chi connectivity index (χ4v) is 6.29. The van der Waals surface area contributed by atoms with Gasteiger partial charge in [-0.05, 0) is 63.6 Å². The van der Waals surface area contributed by atoms with Gasteiger partial charge < -0.3 is 27.7 Å². The molecule has 226 valence electrons. The highest BCUT2D eigenvalue weighted by Gasteiger charge is 2.51. The minimum absolute atomic E-state index is 0.0438. The van der Waals surface area contributed by atoms with E-state index >= 15 is 0 Å². The Labute approximate surface area is 244 Å². The third kappa shape index (κ3) is 9.05. The molecule has 9 nitrogen and oxygen atoms in total. The number of para-hydroxylation sites is 1. The van der Waals surface area contributed by atoms with E-state index in [1.807, 2.05) is 24.3 Å². The number of carbonyl (C=O) groups excluding carboxylic acids is 3. The molecule has 1 aromatic heterocycles. The molecule has 0 bridgehead atoms. The van der Waals surface area contributed by atoms with Gasteiger partial charge in [0.25, 0.3) is 0 Å². The SMILES string of the molecule is C[C@H](N)C(=O)OC(CC1CCCCC1)(C(=O)[C@H](N)CCCN)C1CCCCC1.NC(=O)c1cnc2ccccc2c1. The van der Waals surface area contributed by atoms with Crippen LogP contribution in [0.4, 0.5) is 0 Å². The van der Waals surface area contributed by atoms with E-state index in [0.29, 0.717) is 37.3 Å². The molecule has 41 heavy (non-hydrogen) atoms. The van der Waals surface area contributed by atoms with Crippen LogP contribution in [0.5, 0.6) is 0 Å². The predicted molar refractivity (Wildman–Crippen MR) is 162 cm³/mol. The molecule has 0 aliphatic heterocycles. The van der Waals surface area contributed by atoms with E-state index in [-0.39, 0.29) is 11.7 Å². The number of aromatic nitrogens is 1. The first kappa shape index (κ1) is 32.6. The molecule has 1 aromatic carbocycles. The maximum atomic E-state index is 13.7. The molecule has 0 saturated heterocycles. The van der Waals surface area contributed by atoms with Crippen LogP contribution in [-0.2, 0) is 14.3 Å². The highest BCUT2D eigenvalue weighted by atomic mass is 16.6. The quantitative estimate of drug-likeness (QED) is 0.293. The second kappa shape index (κ2) is 15.9. The van der Waals surface area contributed by atoms with Gasteiger partial charge in [0, 0.05) is 17.5 Å². The molecule has 2 aromatic rings. The highest BCUT2D eigenvalue weighted by Crippen LogP contribution is 2.43. The first-order valence-corrected chi connectivity index (χ1v) is 15.3. The van der Waals surface area contributed by atoms with Gasteiger partial charge in [-0.3, -0.25) is 19.4 Å². The first-order chi connectivity index (χ1) is 19.7. The predicted octanol–water partition coefficient (Wildman–Crippen LogP) is 4.14. The normalized spacial score (nSPS) is 19.3. The van der Waals surface area contributed by atoms with Crippen LogP contribution in [-0.4, -0.2) is 46.9 Å². The lowest BCUT2D eigenvalue weighted by molar-refractivity contribution is -0.181. The largest absolute Gasteiger partial charge is 0.450 e. The van der Waals surface area contributed by atoms with Crippen LogP contribution in [0, 0.1) is 11.8 Å². The van der Waals surface area contributed by atoms with E-state index in [4.69, 9.17) is 27.7 Å². The molecule has 0 radical (unpaired) electrons. The van der Waals surface area contributed by atoms with Gasteiger partial charge in [-0.2, -0.15) is 0 Å². The van der Waals surface area contributed by atoms with Gasteiger partial charge in [0.05, 0.1) is 17.1 Å². The number of ether oxygens (including phenoxy) is 1. The zero-order chi connectivity index (χ0) is 29.8. The highest BCUT2D eigenvalue weighted by molar-refractivity contribution is 5.96. The zero-order valence-corrected chi connectivity index (χ0v) is 24.6. The molecule has 2 aliphatic carbocycles. The molecule has 2 fully saturated rings. The summed E-state index contributed by atoms with van der Waals surface area (Å²) in [6.07, 6.45) is 14.2. The van der Waals surface area contributed by atoms with Crippen molar-refractivity contribution in [3.63, 3.8) is 0 Å². The van der Waals surface area contributed by atoms with Crippen LogP contribution in [0.1, 0.15) is 101 Å². The molecular weight excluding hydrogens is 518 g/mol. The number of hydrogen-bond acceptors (Lipinski definition) is 8. The second-order valence-electron chi connectivity index (χ2n) is 11.8. The Morgan fingerprint density at radius 3 is 2.24 bits per heavy atom. The lowest BCUT2D eigenvalue weighted by atomic mass is 9.67. The van der Waals surface area contributed by atoms with Crippen molar-refractivity contribution in [1.29, 1.82) is 0 Å². The summed E-state index contributed by atoms with van der Waals surface area (Å²) in [5.74, 6) is -0.587. The van der Waals surface area contributed by atoms with E-state index in [2.05, 4.69) is 4.98 Å². The van der Waals surface area contributed by atoms with Gasteiger partial charge in [-0.25, -0.2) is 0 Å². The Hall–Kier alpha value is -2.88. The van der Waals surface area contributed by atoms with Crippen LogP contribution >= 0.6 is 0 Å². The summed E-state index contributed by atoms with van der Waals surface area (Å²) in [5, 5.41) is 0.929. The number of rotatable bonds is 11. The zero-order valence-electron chi connectivity index (χ0n) is 24.6. The van der Waals surface area contributed by atoms with E-state index in [1.165, 1.54) is 31.9 Å². The van der Waals surface area contributed by atoms with E-state index in [0.717, 1.165) is 49.4 Å². The van der Waals surface area contributed by atoms with Crippen molar-refractivity contribution in [2.24, 2.45) is 34.8 Å². The van der Waals surface area contributed by atoms with Crippen LogP contribution < -0.4 is 22.9 Å². The van der Waals surface area contributed by atoms with Crippen molar-refractivity contribution >= 4 is 28.6 Å². The number of nitrogens with two attached hydrogens (primary N) is 4. The van der Waals surface area contributed by atoms with Crippen LogP contribution in [0.15, 0.2) is 36.5 Å². The number of fused-ring (bicyclic) bond motifs is 1. The number of hydrogen-bond donors (Lipinski definition) is 4. The number of primary amides is 1. The number of Topliss-reactive ketones (excluding diaryl/α,β-unsaturated/α-hetero) is 1. The molecule has 1 heterocycles. The molecule has 2 aliphatic rings.